The molecule has 7 heteroatoms. The van der Waals surface area contributed by atoms with Crippen LogP contribution in [0.1, 0.15) is 30.6 Å². The Bertz CT molecular complexity index is 662. The zero-order chi connectivity index (χ0) is 16.5. The van der Waals surface area contributed by atoms with Gasteiger partial charge in [-0.1, -0.05) is 13.8 Å². The molecule has 1 fully saturated rings. The van der Waals surface area contributed by atoms with Crippen LogP contribution in [-0.4, -0.2) is 39.4 Å². The Morgan fingerprint density at radius 2 is 1.86 bits per heavy atom. The Morgan fingerprint density at radius 3 is 2.36 bits per heavy atom. The monoisotopic (exact) mass is 326 g/mol. The summed E-state index contributed by atoms with van der Waals surface area (Å²) in [5.74, 6) is 0.962. The van der Waals surface area contributed by atoms with E-state index >= 15 is 0 Å². The first kappa shape index (κ1) is 16.8. The molecule has 0 unspecified atom stereocenters. The van der Waals surface area contributed by atoms with E-state index in [1.54, 1.807) is 4.90 Å². The van der Waals surface area contributed by atoms with Gasteiger partial charge >= 0.3 is 0 Å². The van der Waals surface area contributed by atoms with Crippen LogP contribution < -0.4 is 9.88 Å². The summed E-state index contributed by atoms with van der Waals surface area (Å²) in [6.07, 6.45) is 1.08. The lowest BCUT2D eigenvalue weighted by Gasteiger charge is -2.35. The highest BCUT2D eigenvalue weighted by Gasteiger charge is 2.28. The lowest BCUT2D eigenvalue weighted by atomic mass is 9.91. The first-order chi connectivity index (χ1) is 10.2. The van der Waals surface area contributed by atoms with Crippen LogP contribution in [0.2, 0.25) is 0 Å². The van der Waals surface area contributed by atoms with Gasteiger partial charge in [0.15, 0.2) is 0 Å². The molecule has 0 radical (unpaired) electrons. The molecule has 122 valence electrons. The van der Waals surface area contributed by atoms with Crippen molar-refractivity contribution in [2.24, 2.45) is 17.0 Å². The summed E-state index contributed by atoms with van der Waals surface area (Å²) in [6.45, 7) is 5.53. The van der Waals surface area contributed by atoms with Gasteiger partial charge in [0.1, 0.15) is 5.75 Å². The molecule has 1 aromatic rings. The number of piperidine rings is 1. The van der Waals surface area contributed by atoms with E-state index in [-0.39, 0.29) is 16.4 Å². The summed E-state index contributed by atoms with van der Waals surface area (Å²) < 4.78 is 28.2. The quantitative estimate of drug-likeness (QED) is 0.910. The largest absolute Gasteiger partial charge is 0.496 e. The second kappa shape index (κ2) is 6.26. The van der Waals surface area contributed by atoms with E-state index in [1.165, 1.54) is 25.3 Å². The molecule has 1 amide bonds. The van der Waals surface area contributed by atoms with Crippen LogP contribution in [0.25, 0.3) is 0 Å². The number of ether oxygens (including phenoxy) is 1. The van der Waals surface area contributed by atoms with Gasteiger partial charge in [0, 0.05) is 13.1 Å². The summed E-state index contributed by atoms with van der Waals surface area (Å²) in [5.41, 5.74) is 0.232. The number of rotatable bonds is 3. The highest BCUT2D eigenvalue weighted by atomic mass is 32.2. The normalized spacial score (nSPS) is 22.5. The van der Waals surface area contributed by atoms with Crippen molar-refractivity contribution in [1.82, 2.24) is 4.90 Å². The number of methoxy groups -OCH3 is 1. The van der Waals surface area contributed by atoms with Crippen molar-refractivity contribution in [2.45, 2.75) is 25.2 Å². The van der Waals surface area contributed by atoms with Crippen molar-refractivity contribution >= 4 is 15.9 Å². The predicted molar refractivity (Wildman–Crippen MR) is 83.2 cm³/mol. The van der Waals surface area contributed by atoms with Crippen LogP contribution in [0.5, 0.6) is 5.75 Å². The van der Waals surface area contributed by atoms with Crippen LogP contribution in [-0.2, 0) is 10.0 Å². The second-order valence-electron chi connectivity index (χ2n) is 6.06. The lowest BCUT2D eigenvalue weighted by Crippen LogP contribution is -2.42. The number of carbonyl (C=O) groups is 1. The first-order valence-electron chi connectivity index (χ1n) is 7.22. The molecular formula is C15H22N2O4S. The highest BCUT2D eigenvalue weighted by molar-refractivity contribution is 7.89. The van der Waals surface area contributed by atoms with E-state index in [2.05, 4.69) is 13.8 Å². The molecule has 2 N–H and O–H groups in total. The third-order valence-electron chi connectivity index (χ3n) is 3.89. The Morgan fingerprint density at radius 1 is 1.27 bits per heavy atom. The van der Waals surface area contributed by atoms with Gasteiger partial charge in [0.2, 0.25) is 10.0 Å². The molecule has 0 spiro atoms. The topological polar surface area (TPSA) is 89.7 Å². The van der Waals surface area contributed by atoms with E-state index in [0.717, 1.165) is 6.42 Å². The van der Waals surface area contributed by atoms with Crippen molar-refractivity contribution in [3.63, 3.8) is 0 Å². The zero-order valence-corrected chi connectivity index (χ0v) is 13.9. The summed E-state index contributed by atoms with van der Waals surface area (Å²) in [4.78, 5) is 14.4. The summed E-state index contributed by atoms with van der Waals surface area (Å²) in [7, 11) is -2.41. The Kier molecular flexibility index (Phi) is 4.77. The third-order valence-corrected chi connectivity index (χ3v) is 4.80. The van der Waals surface area contributed by atoms with Gasteiger partial charge in [0.05, 0.1) is 17.6 Å². The van der Waals surface area contributed by atoms with Gasteiger partial charge in [-0.15, -0.1) is 0 Å². The van der Waals surface area contributed by atoms with Gasteiger partial charge in [-0.25, -0.2) is 13.6 Å². The predicted octanol–water partition coefficient (Wildman–Crippen LogP) is 1.46. The molecule has 1 saturated heterocycles. The number of nitrogens with two attached hydrogens (primary N) is 1. The molecule has 2 rings (SSSR count). The molecule has 1 aliphatic rings. The number of hydrogen-bond acceptors (Lipinski definition) is 4. The summed E-state index contributed by atoms with van der Waals surface area (Å²) in [6, 6.07) is 4.09. The lowest BCUT2D eigenvalue weighted by molar-refractivity contribution is 0.0619. The maximum atomic E-state index is 12.8. The van der Waals surface area contributed by atoms with Crippen molar-refractivity contribution < 1.29 is 17.9 Å². The van der Waals surface area contributed by atoms with Crippen LogP contribution >= 0.6 is 0 Å². The molecule has 1 heterocycles. The van der Waals surface area contributed by atoms with Gasteiger partial charge in [-0.05, 0) is 36.5 Å². The summed E-state index contributed by atoms with van der Waals surface area (Å²) in [5, 5.41) is 5.15. The molecule has 0 aliphatic carbocycles. The molecule has 1 aromatic carbocycles. The van der Waals surface area contributed by atoms with Gasteiger partial charge in [-0.3, -0.25) is 4.79 Å². The number of benzene rings is 1. The molecule has 0 aromatic heterocycles. The Balaban J connectivity index is 2.39. The van der Waals surface area contributed by atoms with E-state index in [1.807, 2.05) is 0 Å². The maximum absolute atomic E-state index is 12.8. The van der Waals surface area contributed by atoms with Gasteiger partial charge < -0.3 is 9.64 Å². The smallest absolute Gasteiger partial charge is 0.257 e. The van der Waals surface area contributed by atoms with E-state index in [9.17, 15) is 13.2 Å². The number of primary sulfonamides is 1. The van der Waals surface area contributed by atoms with Crippen LogP contribution in [0.3, 0.4) is 0 Å². The van der Waals surface area contributed by atoms with Crippen molar-refractivity contribution in [3.8, 4) is 5.75 Å². The molecule has 6 nitrogen and oxygen atoms in total. The fraction of sp³-hybridized carbons (Fsp3) is 0.533. The molecule has 0 bridgehead atoms. The minimum absolute atomic E-state index is 0.0882. The van der Waals surface area contributed by atoms with Crippen molar-refractivity contribution in [3.05, 3.63) is 23.8 Å². The minimum Gasteiger partial charge on any atom is -0.496 e. The number of carbonyl (C=O) groups excluding carboxylic acids is 1. The van der Waals surface area contributed by atoms with Gasteiger partial charge in [0.25, 0.3) is 5.91 Å². The van der Waals surface area contributed by atoms with Crippen LogP contribution in [0, 0.1) is 11.8 Å². The third kappa shape index (κ3) is 3.59. The van der Waals surface area contributed by atoms with E-state index < -0.39 is 10.0 Å². The summed E-state index contributed by atoms with van der Waals surface area (Å²) >= 11 is 0. The average molecular weight is 326 g/mol. The fourth-order valence-electron chi connectivity index (χ4n) is 3.03. The highest BCUT2D eigenvalue weighted by Crippen LogP contribution is 2.27. The number of likely N-dealkylation sites (tertiary alicyclic amines) is 1. The van der Waals surface area contributed by atoms with Crippen molar-refractivity contribution in [1.29, 1.82) is 0 Å². The zero-order valence-electron chi connectivity index (χ0n) is 13.1. The molecule has 22 heavy (non-hydrogen) atoms. The van der Waals surface area contributed by atoms with Gasteiger partial charge in [-0.2, -0.15) is 0 Å². The molecule has 1 aliphatic heterocycles. The molecule has 0 saturated carbocycles. The SMILES string of the molecule is COc1ccc(S(N)(=O)=O)cc1C(=O)N1C[C@H](C)C[C@@H](C)C1. The fourth-order valence-corrected chi connectivity index (χ4v) is 3.57. The number of amides is 1. The maximum Gasteiger partial charge on any atom is 0.257 e. The average Bonchev–Trinajstić information content (AvgIpc) is 2.43. The van der Waals surface area contributed by atoms with Crippen LogP contribution in [0.4, 0.5) is 0 Å². The van der Waals surface area contributed by atoms with Crippen molar-refractivity contribution in [2.75, 3.05) is 20.2 Å². The standard InChI is InChI=1S/C15H22N2O4S/c1-10-6-11(2)9-17(8-10)15(18)13-7-12(22(16,19)20)4-5-14(13)21-3/h4-5,7,10-11H,6,8-9H2,1-3H3,(H2,16,19,20)/t10-,11-/m1/s1. The first-order valence-corrected chi connectivity index (χ1v) is 8.77. The number of hydrogen-bond donors (Lipinski definition) is 1. The second-order valence-corrected chi connectivity index (χ2v) is 7.62. The van der Waals surface area contributed by atoms with E-state index in [4.69, 9.17) is 9.88 Å². The number of nitrogens with zero attached hydrogens (tertiary/aromatic N) is 1. The van der Waals surface area contributed by atoms with Crippen LogP contribution in [0.15, 0.2) is 23.1 Å². The Labute approximate surface area is 131 Å². The minimum atomic E-state index is -3.86. The number of sulfonamides is 1. The van der Waals surface area contributed by atoms with E-state index in [0.29, 0.717) is 30.7 Å². The molecule has 2 atom stereocenters. The molecular weight excluding hydrogens is 304 g/mol. The Hall–Kier alpha value is -1.60.